The second kappa shape index (κ2) is 7.19. The number of aryl methyl sites for hydroxylation is 1. The fourth-order valence-corrected chi connectivity index (χ4v) is 4.58. The van der Waals surface area contributed by atoms with Crippen molar-refractivity contribution in [3.05, 3.63) is 41.5 Å². The molecular formula is C21H27N3O3. The predicted octanol–water partition coefficient (Wildman–Crippen LogP) is 1.57. The molecule has 0 aromatic heterocycles. The Bertz CT molecular complexity index is 785. The summed E-state index contributed by atoms with van der Waals surface area (Å²) in [4.78, 5) is 25.5. The van der Waals surface area contributed by atoms with Gasteiger partial charge >= 0.3 is 0 Å². The number of rotatable bonds is 4. The number of Topliss-reactive ketones (excluding diaryl/α,β-unsaturated/α-hetero) is 1. The average Bonchev–Trinajstić information content (AvgIpc) is 3.46. The van der Waals surface area contributed by atoms with Gasteiger partial charge in [0.1, 0.15) is 0 Å². The quantitative estimate of drug-likeness (QED) is 0.478. The SMILES string of the molecule is Cc1ccccc1C1=CCNC(C(=O)[C@H]2NCC3(CC3)C[C@@H]2C(=O)NO)C1. The van der Waals surface area contributed by atoms with Gasteiger partial charge in [0.2, 0.25) is 5.91 Å². The molecule has 3 aliphatic rings. The van der Waals surface area contributed by atoms with E-state index in [-0.39, 0.29) is 17.2 Å². The van der Waals surface area contributed by atoms with Gasteiger partial charge in [-0.05, 0) is 54.7 Å². The molecule has 3 atom stereocenters. The minimum atomic E-state index is -0.558. The number of hydroxylamine groups is 1. The van der Waals surface area contributed by atoms with Gasteiger partial charge in [-0.15, -0.1) is 0 Å². The molecule has 1 unspecified atom stereocenters. The maximum Gasteiger partial charge on any atom is 0.248 e. The third-order valence-electron chi connectivity index (χ3n) is 6.43. The summed E-state index contributed by atoms with van der Waals surface area (Å²) in [5, 5.41) is 15.8. The van der Waals surface area contributed by atoms with Gasteiger partial charge < -0.3 is 10.6 Å². The fraction of sp³-hybridized carbons (Fsp3) is 0.524. The van der Waals surface area contributed by atoms with E-state index in [2.05, 4.69) is 35.8 Å². The lowest BCUT2D eigenvalue weighted by atomic mass is 9.78. The van der Waals surface area contributed by atoms with E-state index in [0.29, 0.717) is 19.4 Å². The van der Waals surface area contributed by atoms with E-state index in [4.69, 9.17) is 5.21 Å². The number of hydrogen-bond acceptors (Lipinski definition) is 5. The Hall–Kier alpha value is -2.02. The first kappa shape index (κ1) is 18.3. The van der Waals surface area contributed by atoms with Crippen molar-refractivity contribution in [2.75, 3.05) is 13.1 Å². The summed E-state index contributed by atoms with van der Waals surface area (Å²) in [6, 6.07) is 7.31. The number of carbonyl (C=O) groups excluding carboxylic acids is 2. The fourth-order valence-electron chi connectivity index (χ4n) is 4.58. The number of piperidine rings is 1. The molecule has 1 spiro atoms. The monoisotopic (exact) mass is 369 g/mol. The second-order valence-corrected chi connectivity index (χ2v) is 8.26. The predicted molar refractivity (Wildman–Crippen MR) is 102 cm³/mol. The van der Waals surface area contributed by atoms with Crippen LogP contribution in [0, 0.1) is 18.3 Å². The highest BCUT2D eigenvalue weighted by atomic mass is 16.5. The van der Waals surface area contributed by atoms with Crippen LogP contribution >= 0.6 is 0 Å². The first-order chi connectivity index (χ1) is 13.0. The van der Waals surface area contributed by atoms with E-state index in [1.54, 1.807) is 5.48 Å². The molecule has 4 rings (SSSR count). The zero-order valence-corrected chi connectivity index (χ0v) is 15.6. The van der Waals surface area contributed by atoms with Crippen LogP contribution in [-0.4, -0.2) is 42.1 Å². The van der Waals surface area contributed by atoms with E-state index in [1.165, 1.54) is 16.7 Å². The zero-order chi connectivity index (χ0) is 19.0. The summed E-state index contributed by atoms with van der Waals surface area (Å²) < 4.78 is 0. The lowest BCUT2D eigenvalue weighted by Crippen LogP contribution is -2.59. The highest BCUT2D eigenvalue weighted by Gasteiger charge is 2.52. The van der Waals surface area contributed by atoms with Gasteiger partial charge in [0.15, 0.2) is 5.78 Å². The van der Waals surface area contributed by atoms with Crippen LogP contribution < -0.4 is 16.1 Å². The van der Waals surface area contributed by atoms with Crippen molar-refractivity contribution in [1.29, 1.82) is 0 Å². The first-order valence-electron chi connectivity index (χ1n) is 9.72. The number of ketones is 1. The molecule has 2 aliphatic heterocycles. The van der Waals surface area contributed by atoms with Crippen LogP contribution in [0.15, 0.2) is 30.3 Å². The normalized spacial score (nSPS) is 29.1. The molecule has 2 fully saturated rings. The maximum absolute atomic E-state index is 13.3. The maximum atomic E-state index is 13.3. The number of nitrogens with one attached hydrogen (secondary N) is 3. The van der Waals surface area contributed by atoms with Crippen molar-refractivity contribution in [2.24, 2.45) is 11.3 Å². The van der Waals surface area contributed by atoms with Crippen LogP contribution in [0.5, 0.6) is 0 Å². The lowest BCUT2D eigenvalue weighted by molar-refractivity contribution is -0.140. The zero-order valence-electron chi connectivity index (χ0n) is 15.6. The average molecular weight is 369 g/mol. The van der Waals surface area contributed by atoms with Gasteiger partial charge in [-0.25, -0.2) is 5.48 Å². The van der Waals surface area contributed by atoms with Crippen molar-refractivity contribution in [1.82, 2.24) is 16.1 Å². The van der Waals surface area contributed by atoms with Gasteiger partial charge in [-0.3, -0.25) is 14.8 Å². The van der Waals surface area contributed by atoms with Crippen molar-refractivity contribution >= 4 is 17.3 Å². The number of carbonyl (C=O) groups is 2. The lowest BCUT2D eigenvalue weighted by Gasteiger charge is -2.37. The molecule has 0 radical (unpaired) electrons. The molecule has 144 valence electrons. The van der Waals surface area contributed by atoms with Crippen molar-refractivity contribution < 1.29 is 14.8 Å². The summed E-state index contributed by atoms with van der Waals surface area (Å²) in [5.41, 5.74) is 5.45. The summed E-state index contributed by atoms with van der Waals surface area (Å²) in [6.45, 7) is 3.48. The largest absolute Gasteiger partial charge is 0.306 e. The molecule has 1 aromatic carbocycles. The van der Waals surface area contributed by atoms with Crippen molar-refractivity contribution in [3.8, 4) is 0 Å². The molecular weight excluding hydrogens is 342 g/mol. The minimum Gasteiger partial charge on any atom is -0.306 e. The van der Waals surface area contributed by atoms with Gasteiger partial charge in [0.05, 0.1) is 18.0 Å². The van der Waals surface area contributed by atoms with Crippen LogP contribution in [0.2, 0.25) is 0 Å². The van der Waals surface area contributed by atoms with E-state index in [9.17, 15) is 9.59 Å². The highest BCUT2D eigenvalue weighted by molar-refractivity contribution is 5.96. The Kier molecular flexibility index (Phi) is 4.88. The Morgan fingerprint density at radius 2 is 2.00 bits per heavy atom. The Labute approximate surface area is 159 Å². The third-order valence-corrected chi connectivity index (χ3v) is 6.43. The Balaban J connectivity index is 1.51. The number of benzene rings is 1. The summed E-state index contributed by atoms with van der Waals surface area (Å²) >= 11 is 0. The Morgan fingerprint density at radius 3 is 2.70 bits per heavy atom. The smallest absolute Gasteiger partial charge is 0.248 e. The Morgan fingerprint density at radius 1 is 1.22 bits per heavy atom. The molecule has 1 amide bonds. The summed E-state index contributed by atoms with van der Waals surface area (Å²) in [5.74, 6) is -0.969. The van der Waals surface area contributed by atoms with Crippen molar-refractivity contribution in [3.63, 3.8) is 0 Å². The molecule has 1 aromatic rings. The number of amides is 1. The van der Waals surface area contributed by atoms with E-state index >= 15 is 0 Å². The second-order valence-electron chi connectivity index (χ2n) is 8.26. The van der Waals surface area contributed by atoms with Crippen LogP contribution in [0.25, 0.3) is 5.57 Å². The molecule has 6 nitrogen and oxygen atoms in total. The van der Waals surface area contributed by atoms with Crippen LogP contribution in [-0.2, 0) is 9.59 Å². The molecule has 0 bridgehead atoms. The highest BCUT2D eigenvalue weighted by Crippen LogP contribution is 2.52. The van der Waals surface area contributed by atoms with Crippen LogP contribution in [0.4, 0.5) is 0 Å². The standard InChI is InChI=1S/C21H27N3O3/c1-13-4-2-3-5-15(13)14-6-9-22-17(10-14)19(25)18-16(20(26)24-27)11-21(7-8-21)12-23-18/h2-6,16-18,22-23,27H,7-12H2,1H3,(H,24,26)/t16-,17?,18-/m0/s1. The molecule has 1 saturated carbocycles. The molecule has 1 saturated heterocycles. The van der Waals surface area contributed by atoms with Crippen LogP contribution in [0.3, 0.4) is 0 Å². The summed E-state index contributed by atoms with van der Waals surface area (Å²) in [6.07, 6.45) is 5.57. The molecule has 1 aliphatic carbocycles. The van der Waals surface area contributed by atoms with Crippen LogP contribution in [0.1, 0.15) is 36.8 Å². The van der Waals surface area contributed by atoms with Gasteiger partial charge in [-0.2, -0.15) is 0 Å². The van der Waals surface area contributed by atoms with Gasteiger partial charge in [0, 0.05) is 13.1 Å². The molecule has 27 heavy (non-hydrogen) atoms. The minimum absolute atomic E-state index is 0.0123. The summed E-state index contributed by atoms with van der Waals surface area (Å²) in [7, 11) is 0. The van der Waals surface area contributed by atoms with E-state index in [0.717, 1.165) is 19.4 Å². The molecule has 4 N–H and O–H groups in total. The van der Waals surface area contributed by atoms with E-state index in [1.807, 2.05) is 12.1 Å². The molecule has 2 heterocycles. The van der Waals surface area contributed by atoms with Gasteiger partial charge in [0.25, 0.3) is 0 Å². The first-order valence-corrected chi connectivity index (χ1v) is 9.72. The topological polar surface area (TPSA) is 90.5 Å². The van der Waals surface area contributed by atoms with Crippen molar-refractivity contribution in [2.45, 2.75) is 44.7 Å². The molecule has 6 heteroatoms. The van der Waals surface area contributed by atoms with Gasteiger partial charge in [-0.1, -0.05) is 30.3 Å². The third kappa shape index (κ3) is 3.57. The van der Waals surface area contributed by atoms with E-state index < -0.39 is 17.9 Å². The number of hydrogen-bond donors (Lipinski definition) is 4.